The number of thioether (sulfide) groups is 1. The zero-order valence-corrected chi connectivity index (χ0v) is 18.9. The molecule has 6 nitrogen and oxygen atoms in total. The van der Waals surface area contributed by atoms with E-state index < -0.39 is 0 Å². The predicted molar refractivity (Wildman–Crippen MR) is 127 cm³/mol. The normalized spacial score (nSPS) is 16.0. The molecular formula is C26H23N3O3S. The highest BCUT2D eigenvalue weighted by Crippen LogP contribution is 2.35. The summed E-state index contributed by atoms with van der Waals surface area (Å²) in [6, 6.07) is 20.2. The number of amides is 1. The third-order valence-corrected chi connectivity index (χ3v) is 6.96. The minimum Gasteiger partial charge on any atom is -0.454 e. The van der Waals surface area contributed by atoms with Gasteiger partial charge in [0.25, 0.3) is 0 Å². The van der Waals surface area contributed by atoms with Gasteiger partial charge in [0.1, 0.15) is 11.1 Å². The first kappa shape index (κ1) is 21.4. The van der Waals surface area contributed by atoms with E-state index in [4.69, 9.17) is 14.5 Å². The number of carbonyl (C=O) groups excluding carboxylic acids is 1. The number of fused-ring (bicyclic) bond motifs is 2. The molecule has 1 aromatic heterocycles. The fourth-order valence-electron chi connectivity index (χ4n) is 4.28. The first-order chi connectivity index (χ1) is 16.2. The van der Waals surface area contributed by atoms with Gasteiger partial charge in [0.05, 0.1) is 5.56 Å². The molecule has 0 saturated heterocycles. The smallest absolute Gasteiger partial charge is 0.231 e. The second-order valence-electron chi connectivity index (χ2n) is 8.12. The number of hydrogen-bond acceptors (Lipinski definition) is 6. The molecule has 0 spiro atoms. The van der Waals surface area contributed by atoms with E-state index in [-0.39, 0.29) is 12.7 Å². The zero-order chi connectivity index (χ0) is 22.6. The van der Waals surface area contributed by atoms with E-state index in [0.29, 0.717) is 45.9 Å². The number of carbonyl (C=O) groups is 1. The zero-order valence-electron chi connectivity index (χ0n) is 18.0. The number of nitrogens with zero attached hydrogens (tertiary/aromatic N) is 2. The number of aryl methyl sites for hydroxylation is 1. The van der Waals surface area contributed by atoms with Crippen molar-refractivity contribution >= 4 is 23.4 Å². The Bertz CT molecular complexity index is 1220. The van der Waals surface area contributed by atoms with Crippen molar-refractivity contribution in [2.45, 2.75) is 36.6 Å². The largest absolute Gasteiger partial charge is 0.454 e. The third-order valence-electron chi connectivity index (χ3n) is 5.97. The highest BCUT2D eigenvalue weighted by Gasteiger charge is 2.23. The molecule has 2 aromatic carbocycles. The van der Waals surface area contributed by atoms with Gasteiger partial charge >= 0.3 is 0 Å². The summed E-state index contributed by atoms with van der Waals surface area (Å²) in [6.45, 7) is 0.200. The molecule has 33 heavy (non-hydrogen) atoms. The molecule has 0 fully saturated rings. The standard InChI is InChI=1S/C26H23N3O3S/c27-15-20-13-19-12-18(17-4-2-1-3-5-17)6-8-22(19)29-26(20)33-11-10-25(30)28-21-7-9-23-24(14-21)32-16-31-23/h1-5,7,9,13-14,18H,6,8,10-12,16H2,(H,28,30). The third kappa shape index (κ3) is 4.81. The van der Waals surface area contributed by atoms with Crippen molar-refractivity contribution in [3.63, 3.8) is 0 Å². The summed E-state index contributed by atoms with van der Waals surface area (Å²) in [5.74, 6) is 2.23. The predicted octanol–water partition coefficient (Wildman–Crippen LogP) is 5.08. The monoisotopic (exact) mass is 457 g/mol. The number of hydrogen-bond donors (Lipinski definition) is 1. The van der Waals surface area contributed by atoms with Crippen molar-refractivity contribution in [3.05, 3.63) is 77.0 Å². The van der Waals surface area contributed by atoms with Gasteiger partial charge in [0.15, 0.2) is 11.5 Å². The van der Waals surface area contributed by atoms with Crippen molar-refractivity contribution in [3.8, 4) is 17.6 Å². The lowest BCUT2D eigenvalue weighted by Crippen LogP contribution is -2.15. The van der Waals surface area contributed by atoms with Crippen LogP contribution in [0.2, 0.25) is 0 Å². The maximum absolute atomic E-state index is 12.4. The number of nitriles is 1. The van der Waals surface area contributed by atoms with Crippen LogP contribution in [0.15, 0.2) is 59.6 Å². The highest BCUT2D eigenvalue weighted by molar-refractivity contribution is 7.99. The fraction of sp³-hybridized carbons (Fsp3) is 0.269. The summed E-state index contributed by atoms with van der Waals surface area (Å²) in [7, 11) is 0. The van der Waals surface area contributed by atoms with Crippen LogP contribution < -0.4 is 14.8 Å². The number of ether oxygens (including phenoxy) is 2. The minimum atomic E-state index is -0.0939. The van der Waals surface area contributed by atoms with E-state index in [1.54, 1.807) is 18.2 Å². The van der Waals surface area contributed by atoms with Crippen molar-refractivity contribution in [1.29, 1.82) is 5.26 Å². The molecular weight excluding hydrogens is 434 g/mol. The lowest BCUT2D eigenvalue weighted by Gasteiger charge is -2.25. The summed E-state index contributed by atoms with van der Waals surface area (Å²) < 4.78 is 10.6. The number of benzene rings is 2. The van der Waals surface area contributed by atoms with Crippen LogP contribution in [0.4, 0.5) is 5.69 Å². The van der Waals surface area contributed by atoms with Crippen LogP contribution in [-0.2, 0) is 17.6 Å². The Morgan fingerprint density at radius 1 is 1.15 bits per heavy atom. The van der Waals surface area contributed by atoms with Gasteiger partial charge in [0, 0.05) is 29.6 Å². The second-order valence-corrected chi connectivity index (χ2v) is 9.21. The molecule has 2 aliphatic rings. The topological polar surface area (TPSA) is 84.2 Å². The van der Waals surface area contributed by atoms with Gasteiger partial charge in [-0.2, -0.15) is 5.26 Å². The van der Waals surface area contributed by atoms with Gasteiger partial charge < -0.3 is 14.8 Å². The molecule has 2 heterocycles. The summed E-state index contributed by atoms with van der Waals surface area (Å²) in [6.07, 6.45) is 3.18. The van der Waals surface area contributed by atoms with E-state index in [2.05, 4.69) is 35.7 Å². The van der Waals surface area contributed by atoms with E-state index in [1.165, 1.54) is 17.3 Å². The van der Waals surface area contributed by atoms with Crippen LogP contribution in [0.3, 0.4) is 0 Å². The van der Waals surface area contributed by atoms with Crippen LogP contribution >= 0.6 is 11.8 Å². The Morgan fingerprint density at radius 2 is 2.00 bits per heavy atom. The summed E-state index contributed by atoms with van der Waals surface area (Å²) in [4.78, 5) is 17.2. The molecule has 166 valence electrons. The maximum atomic E-state index is 12.4. The first-order valence-corrected chi connectivity index (χ1v) is 12.0. The molecule has 7 heteroatoms. The molecule has 3 aromatic rings. The van der Waals surface area contributed by atoms with E-state index in [0.717, 1.165) is 30.5 Å². The van der Waals surface area contributed by atoms with Crippen LogP contribution in [0.5, 0.6) is 11.5 Å². The van der Waals surface area contributed by atoms with Gasteiger partial charge in [-0.3, -0.25) is 4.79 Å². The summed E-state index contributed by atoms with van der Waals surface area (Å²) in [5, 5.41) is 13.3. The molecule has 1 amide bonds. The first-order valence-electron chi connectivity index (χ1n) is 11.0. The maximum Gasteiger partial charge on any atom is 0.231 e. The average molecular weight is 458 g/mol. The quantitative estimate of drug-likeness (QED) is 0.520. The fourth-order valence-corrected chi connectivity index (χ4v) is 5.20. The lowest BCUT2D eigenvalue weighted by atomic mass is 9.82. The molecule has 1 N–H and O–H groups in total. The SMILES string of the molecule is N#Cc1cc2c(nc1SCCC(=O)Nc1ccc3c(c1)OCO3)CCC(c1ccccc1)C2. The van der Waals surface area contributed by atoms with Gasteiger partial charge in [-0.1, -0.05) is 30.3 Å². The van der Waals surface area contributed by atoms with Crippen molar-refractivity contribution in [2.24, 2.45) is 0 Å². The van der Waals surface area contributed by atoms with Crippen molar-refractivity contribution in [1.82, 2.24) is 4.98 Å². The average Bonchev–Trinajstić information content (AvgIpc) is 3.32. The molecule has 0 bridgehead atoms. The Morgan fingerprint density at radius 3 is 2.85 bits per heavy atom. The summed E-state index contributed by atoms with van der Waals surface area (Å²) >= 11 is 1.46. The van der Waals surface area contributed by atoms with Crippen molar-refractivity contribution < 1.29 is 14.3 Å². The molecule has 1 aliphatic heterocycles. The summed E-state index contributed by atoms with van der Waals surface area (Å²) in [5.41, 5.74) is 4.84. The van der Waals surface area contributed by atoms with E-state index in [1.807, 2.05) is 12.1 Å². The Balaban J connectivity index is 1.20. The number of nitrogens with one attached hydrogen (secondary N) is 1. The molecule has 1 aliphatic carbocycles. The number of pyridine rings is 1. The Hall–Kier alpha value is -3.50. The van der Waals surface area contributed by atoms with Gasteiger partial charge in [-0.25, -0.2) is 4.98 Å². The number of aromatic nitrogens is 1. The molecule has 1 atom stereocenters. The molecule has 0 saturated carbocycles. The molecule has 1 unspecified atom stereocenters. The lowest BCUT2D eigenvalue weighted by molar-refractivity contribution is -0.115. The molecule has 5 rings (SSSR count). The Labute approximate surface area is 196 Å². The van der Waals surface area contributed by atoms with Crippen LogP contribution in [-0.4, -0.2) is 23.4 Å². The van der Waals surface area contributed by atoms with Gasteiger partial charge in [-0.15, -0.1) is 11.8 Å². The molecule has 0 radical (unpaired) electrons. The van der Waals surface area contributed by atoms with E-state index >= 15 is 0 Å². The second kappa shape index (κ2) is 9.55. The Kier molecular flexibility index (Phi) is 6.18. The highest BCUT2D eigenvalue weighted by atomic mass is 32.2. The van der Waals surface area contributed by atoms with Gasteiger partial charge in [0.2, 0.25) is 12.7 Å². The minimum absolute atomic E-state index is 0.0939. The van der Waals surface area contributed by atoms with Crippen LogP contribution in [0.25, 0.3) is 0 Å². The number of rotatable bonds is 6. The van der Waals surface area contributed by atoms with Gasteiger partial charge in [-0.05, 0) is 54.5 Å². The number of anilines is 1. The van der Waals surface area contributed by atoms with E-state index in [9.17, 15) is 10.1 Å². The van der Waals surface area contributed by atoms with Crippen molar-refractivity contribution in [2.75, 3.05) is 17.9 Å². The van der Waals surface area contributed by atoms with Crippen LogP contribution in [0.1, 0.15) is 41.1 Å². The van der Waals surface area contributed by atoms with Crippen LogP contribution in [0, 0.1) is 11.3 Å².